The van der Waals surface area contributed by atoms with Gasteiger partial charge in [0.25, 0.3) is 0 Å². The first kappa shape index (κ1) is 15.2. The zero-order valence-corrected chi connectivity index (χ0v) is 16.1. The maximum Gasteiger partial charge on any atom is 0.137 e. The first-order chi connectivity index (χ1) is 13.0. The van der Waals surface area contributed by atoms with E-state index in [1.165, 1.54) is 39.0 Å². The summed E-state index contributed by atoms with van der Waals surface area (Å²) in [4.78, 5) is 4.88. The van der Waals surface area contributed by atoms with Gasteiger partial charge in [0.1, 0.15) is 17.3 Å². The van der Waals surface area contributed by atoms with Crippen molar-refractivity contribution in [2.45, 2.75) is 32.4 Å². The lowest BCUT2D eigenvalue weighted by atomic mass is 9.74. The van der Waals surface area contributed by atoms with Crippen LogP contribution in [0.25, 0.3) is 21.9 Å². The summed E-state index contributed by atoms with van der Waals surface area (Å²) >= 11 is 0. The summed E-state index contributed by atoms with van der Waals surface area (Å²) in [6, 6.07) is 19.7. The number of furan rings is 1. The van der Waals surface area contributed by atoms with Gasteiger partial charge in [-0.25, -0.2) is 0 Å². The van der Waals surface area contributed by atoms with Crippen molar-refractivity contribution in [1.29, 1.82) is 0 Å². The average molecular weight is 354 g/mol. The quantitative estimate of drug-likeness (QED) is 0.377. The highest BCUT2D eigenvalue weighted by atomic mass is 16.3. The molecule has 0 spiro atoms. The Balaban J connectivity index is 1.91. The molecular formula is C24H22N2O. The van der Waals surface area contributed by atoms with Crippen LogP contribution in [-0.4, -0.2) is 13.2 Å². The molecule has 1 atom stereocenters. The molecule has 0 amide bonds. The molecule has 2 aliphatic heterocycles. The van der Waals surface area contributed by atoms with E-state index >= 15 is 0 Å². The minimum atomic E-state index is -0.127. The summed E-state index contributed by atoms with van der Waals surface area (Å²) in [6.07, 6.45) is 0.248. The van der Waals surface area contributed by atoms with Gasteiger partial charge in [0.2, 0.25) is 0 Å². The van der Waals surface area contributed by atoms with Gasteiger partial charge in [-0.1, -0.05) is 44.2 Å². The molecule has 4 aromatic rings. The standard InChI is InChI=1S/C24H22N2O/c1-14-25(4)18-11-5-9-16-23(18)26(14)17-10-7-13-20-22(17)21-15(24(16,2)3)8-6-12-19(21)27-20/h5-14H,1-4H3. The minimum Gasteiger partial charge on any atom is -0.456 e. The zero-order valence-electron chi connectivity index (χ0n) is 16.1. The third-order valence-electron chi connectivity index (χ3n) is 6.68. The van der Waals surface area contributed by atoms with E-state index in [1.54, 1.807) is 0 Å². The normalized spacial score (nSPS) is 19.6. The Bertz CT molecular complexity index is 1250. The first-order valence-electron chi connectivity index (χ1n) is 9.60. The topological polar surface area (TPSA) is 19.6 Å². The fourth-order valence-corrected chi connectivity index (χ4v) is 5.17. The van der Waals surface area contributed by atoms with Crippen LogP contribution in [-0.2, 0) is 5.41 Å². The molecule has 3 nitrogen and oxygen atoms in total. The van der Waals surface area contributed by atoms with Crippen molar-refractivity contribution in [2.24, 2.45) is 0 Å². The van der Waals surface area contributed by atoms with Gasteiger partial charge in [0.15, 0.2) is 0 Å². The van der Waals surface area contributed by atoms with Gasteiger partial charge < -0.3 is 14.2 Å². The Morgan fingerprint density at radius 3 is 2.26 bits per heavy atom. The number of fused-ring (bicyclic) bond motifs is 1. The molecule has 0 aliphatic carbocycles. The van der Waals surface area contributed by atoms with Crippen LogP contribution in [0.1, 0.15) is 31.9 Å². The van der Waals surface area contributed by atoms with Gasteiger partial charge in [-0.3, -0.25) is 0 Å². The lowest BCUT2D eigenvalue weighted by Gasteiger charge is -2.35. The molecule has 134 valence electrons. The average Bonchev–Trinajstić information content (AvgIpc) is 3.16. The molecule has 27 heavy (non-hydrogen) atoms. The summed E-state index contributed by atoms with van der Waals surface area (Å²) < 4.78 is 6.29. The first-order valence-corrected chi connectivity index (χ1v) is 9.60. The summed E-state index contributed by atoms with van der Waals surface area (Å²) in [6.45, 7) is 6.96. The molecular weight excluding hydrogens is 332 g/mol. The third kappa shape index (κ3) is 1.64. The largest absolute Gasteiger partial charge is 0.456 e. The van der Waals surface area contributed by atoms with Crippen LogP contribution in [0.2, 0.25) is 0 Å². The highest BCUT2D eigenvalue weighted by Crippen LogP contribution is 2.55. The molecule has 0 fully saturated rings. The number of para-hydroxylation sites is 1. The molecule has 3 heterocycles. The Hall–Kier alpha value is -2.94. The van der Waals surface area contributed by atoms with Crippen molar-refractivity contribution >= 4 is 39.0 Å². The third-order valence-corrected chi connectivity index (χ3v) is 6.68. The van der Waals surface area contributed by atoms with Crippen molar-refractivity contribution in [2.75, 3.05) is 16.8 Å². The van der Waals surface area contributed by atoms with Gasteiger partial charge >= 0.3 is 0 Å². The Labute approximate surface area is 158 Å². The SMILES string of the molecule is CC1N(C)c2cccc3c2N1c1cccc2oc4cccc(c4c12)C3(C)C. The maximum absolute atomic E-state index is 6.29. The number of benzene rings is 3. The summed E-state index contributed by atoms with van der Waals surface area (Å²) in [5.74, 6) is 0. The van der Waals surface area contributed by atoms with Gasteiger partial charge in [0.05, 0.1) is 22.4 Å². The summed E-state index contributed by atoms with van der Waals surface area (Å²) in [5.41, 5.74) is 8.38. The van der Waals surface area contributed by atoms with Crippen molar-refractivity contribution in [3.8, 4) is 0 Å². The molecule has 6 rings (SSSR count). The number of hydrogen-bond donors (Lipinski definition) is 0. The smallest absolute Gasteiger partial charge is 0.137 e. The molecule has 0 saturated heterocycles. The summed E-state index contributed by atoms with van der Waals surface area (Å²) in [5, 5.41) is 2.49. The van der Waals surface area contributed by atoms with Crippen LogP contribution in [0.4, 0.5) is 17.1 Å². The van der Waals surface area contributed by atoms with Crippen LogP contribution in [0, 0.1) is 0 Å². The van der Waals surface area contributed by atoms with Crippen LogP contribution in [0.15, 0.2) is 59.0 Å². The molecule has 0 radical (unpaired) electrons. The van der Waals surface area contributed by atoms with E-state index in [0.717, 1.165) is 11.2 Å². The van der Waals surface area contributed by atoms with Crippen LogP contribution >= 0.6 is 0 Å². The molecule has 2 aliphatic rings. The Morgan fingerprint density at radius 1 is 0.815 bits per heavy atom. The molecule has 3 aromatic carbocycles. The van der Waals surface area contributed by atoms with Crippen molar-refractivity contribution in [1.82, 2.24) is 0 Å². The van der Waals surface area contributed by atoms with E-state index in [2.05, 4.69) is 92.2 Å². The second kappa shape index (κ2) is 4.66. The van der Waals surface area contributed by atoms with Crippen LogP contribution < -0.4 is 9.80 Å². The second-order valence-electron chi connectivity index (χ2n) is 8.34. The highest BCUT2D eigenvalue weighted by molar-refractivity contribution is 6.15. The molecule has 1 aromatic heterocycles. The molecule has 3 heteroatoms. The van der Waals surface area contributed by atoms with Gasteiger partial charge in [-0.15, -0.1) is 0 Å². The monoisotopic (exact) mass is 354 g/mol. The van der Waals surface area contributed by atoms with Gasteiger partial charge in [-0.05, 0) is 42.3 Å². The van der Waals surface area contributed by atoms with E-state index in [0.29, 0.717) is 0 Å². The van der Waals surface area contributed by atoms with Crippen LogP contribution in [0.3, 0.4) is 0 Å². The molecule has 0 bridgehead atoms. The summed E-state index contributed by atoms with van der Waals surface area (Å²) in [7, 11) is 2.19. The van der Waals surface area contributed by atoms with Gasteiger partial charge in [-0.2, -0.15) is 0 Å². The van der Waals surface area contributed by atoms with E-state index in [1.807, 2.05) is 0 Å². The lowest BCUT2D eigenvalue weighted by molar-refractivity contribution is 0.640. The second-order valence-corrected chi connectivity index (χ2v) is 8.34. The predicted octanol–water partition coefficient (Wildman–Crippen LogP) is 6.16. The van der Waals surface area contributed by atoms with E-state index in [-0.39, 0.29) is 11.6 Å². The van der Waals surface area contributed by atoms with Crippen molar-refractivity contribution in [3.05, 3.63) is 65.7 Å². The Kier molecular flexibility index (Phi) is 2.62. The molecule has 0 saturated carbocycles. The maximum atomic E-state index is 6.29. The van der Waals surface area contributed by atoms with E-state index in [4.69, 9.17) is 4.42 Å². The number of hydrogen-bond acceptors (Lipinski definition) is 3. The fraction of sp³-hybridized carbons (Fsp3) is 0.250. The minimum absolute atomic E-state index is 0.127. The number of nitrogens with zero attached hydrogens (tertiary/aromatic N) is 2. The Morgan fingerprint density at radius 2 is 1.44 bits per heavy atom. The van der Waals surface area contributed by atoms with Crippen molar-refractivity contribution in [3.63, 3.8) is 0 Å². The predicted molar refractivity (Wildman–Crippen MR) is 112 cm³/mol. The number of anilines is 3. The molecule has 0 N–H and O–H groups in total. The highest BCUT2D eigenvalue weighted by Gasteiger charge is 2.41. The lowest BCUT2D eigenvalue weighted by Crippen LogP contribution is -2.36. The van der Waals surface area contributed by atoms with E-state index < -0.39 is 0 Å². The van der Waals surface area contributed by atoms with Gasteiger partial charge in [0, 0.05) is 17.8 Å². The zero-order chi connectivity index (χ0) is 18.5. The number of rotatable bonds is 0. The van der Waals surface area contributed by atoms with Crippen molar-refractivity contribution < 1.29 is 4.42 Å². The van der Waals surface area contributed by atoms with E-state index in [9.17, 15) is 0 Å². The fourth-order valence-electron chi connectivity index (χ4n) is 5.17. The van der Waals surface area contributed by atoms with Crippen LogP contribution in [0.5, 0.6) is 0 Å². The molecule has 1 unspecified atom stereocenters.